The third-order valence-electron chi connectivity index (χ3n) is 9.46. The Morgan fingerprint density at radius 1 is 0.580 bits per heavy atom. The van der Waals surface area contributed by atoms with E-state index in [2.05, 4.69) is 164 Å². The zero-order valence-corrected chi connectivity index (χ0v) is 27.9. The van der Waals surface area contributed by atoms with Crippen molar-refractivity contribution in [1.82, 2.24) is 0 Å². The normalized spacial score (nSPS) is 13.0. The molecule has 2 heteroatoms. The molecule has 0 radical (unpaired) electrons. The highest BCUT2D eigenvalue weighted by atomic mass is 16.3. The highest BCUT2D eigenvalue weighted by molar-refractivity contribution is 6.06. The van der Waals surface area contributed by atoms with Crippen LogP contribution in [0.25, 0.3) is 49.8 Å². The molecule has 0 aliphatic heterocycles. The molecule has 1 aliphatic carbocycles. The molecule has 50 heavy (non-hydrogen) atoms. The minimum atomic E-state index is 0.884. The fourth-order valence-electron chi connectivity index (χ4n) is 6.86. The van der Waals surface area contributed by atoms with Crippen molar-refractivity contribution >= 4 is 44.6 Å². The molecule has 0 bridgehead atoms. The molecule has 0 saturated carbocycles. The number of hydrogen-bond acceptors (Lipinski definition) is 2. The summed E-state index contributed by atoms with van der Waals surface area (Å²) < 4.78 is 6.19. The van der Waals surface area contributed by atoms with Gasteiger partial charge in [-0.05, 0) is 112 Å². The van der Waals surface area contributed by atoms with E-state index in [1.165, 1.54) is 39.0 Å². The fourth-order valence-corrected chi connectivity index (χ4v) is 6.86. The summed E-state index contributed by atoms with van der Waals surface area (Å²) in [6.45, 7) is 8.08. The first-order valence-corrected chi connectivity index (χ1v) is 17.1. The predicted octanol–water partition coefficient (Wildman–Crippen LogP) is 13.8. The van der Waals surface area contributed by atoms with Gasteiger partial charge in [-0.25, -0.2) is 0 Å². The van der Waals surface area contributed by atoms with Crippen molar-refractivity contribution < 1.29 is 4.42 Å². The smallest absolute Gasteiger partial charge is 0.135 e. The van der Waals surface area contributed by atoms with Crippen LogP contribution in [0, 0.1) is 0 Å². The Bertz CT molecular complexity index is 2440. The standard InChI is InChI=1S/C48H37NO/c1-3-4-12-34(2)38-15-10-16-39(31-38)36-21-25-42(26-22-36)49(44-29-30-48-46(33-44)45-19-8-9-20-47(45)50-48)43-27-23-37(24-28-43)41-18-11-17-40(32-41)35-13-6-5-7-14-35/h3-9,11-14,16-33H,1-2,10,15H2/b12-4-. The Morgan fingerprint density at radius 3 is 1.94 bits per heavy atom. The SMILES string of the molecule is C=C/C=C\C(=C)C1=CC(c2ccc(N(c3ccc(-c4cccc(-c5ccccc5)c4)cc3)c3ccc4oc5ccccc5c4c3)cc2)=CCC1. The van der Waals surface area contributed by atoms with Gasteiger partial charge in [0.2, 0.25) is 0 Å². The monoisotopic (exact) mass is 643 g/mol. The molecule has 6 aromatic carbocycles. The third-order valence-corrected chi connectivity index (χ3v) is 9.46. The van der Waals surface area contributed by atoms with Crippen molar-refractivity contribution in [3.8, 4) is 22.3 Å². The number of hydrogen-bond donors (Lipinski definition) is 0. The number of nitrogens with zero attached hydrogens (tertiary/aromatic N) is 1. The summed E-state index contributed by atoms with van der Waals surface area (Å²) in [6.07, 6.45) is 12.4. The van der Waals surface area contributed by atoms with Crippen LogP contribution in [0.3, 0.4) is 0 Å². The molecule has 0 saturated heterocycles. The molecule has 0 amide bonds. The molecule has 1 aliphatic rings. The summed E-state index contributed by atoms with van der Waals surface area (Å²) >= 11 is 0. The molecule has 2 nitrogen and oxygen atoms in total. The highest BCUT2D eigenvalue weighted by Crippen LogP contribution is 2.40. The van der Waals surface area contributed by atoms with Gasteiger partial charge >= 0.3 is 0 Å². The van der Waals surface area contributed by atoms with Gasteiger partial charge in [0.25, 0.3) is 0 Å². The molecule has 0 spiro atoms. The van der Waals surface area contributed by atoms with Crippen LogP contribution in [0.15, 0.2) is 205 Å². The van der Waals surface area contributed by atoms with Crippen LogP contribution in [-0.2, 0) is 0 Å². The molecular weight excluding hydrogens is 607 g/mol. The van der Waals surface area contributed by atoms with Crippen LogP contribution in [-0.4, -0.2) is 0 Å². The van der Waals surface area contributed by atoms with Gasteiger partial charge in [-0.2, -0.15) is 0 Å². The maximum absolute atomic E-state index is 6.19. The molecule has 1 aromatic heterocycles. The summed E-state index contributed by atoms with van der Waals surface area (Å²) in [7, 11) is 0. The van der Waals surface area contributed by atoms with Crippen molar-refractivity contribution in [3.63, 3.8) is 0 Å². The second-order valence-electron chi connectivity index (χ2n) is 12.6. The van der Waals surface area contributed by atoms with Gasteiger partial charge in [-0.1, -0.05) is 135 Å². The quantitative estimate of drug-likeness (QED) is 0.146. The van der Waals surface area contributed by atoms with Gasteiger partial charge in [-0.3, -0.25) is 0 Å². The average molecular weight is 644 g/mol. The second kappa shape index (κ2) is 13.6. The van der Waals surface area contributed by atoms with E-state index in [0.717, 1.165) is 57.4 Å². The van der Waals surface area contributed by atoms with Gasteiger partial charge < -0.3 is 9.32 Å². The largest absolute Gasteiger partial charge is 0.456 e. The Morgan fingerprint density at radius 2 is 1.20 bits per heavy atom. The van der Waals surface area contributed by atoms with E-state index in [9.17, 15) is 0 Å². The molecule has 0 unspecified atom stereocenters. The van der Waals surface area contributed by atoms with Crippen molar-refractivity contribution in [1.29, 1.82) is 0 Å². The molecule has 240 valence electrons. The van der Waals surface area contributed by atoms with Crippen molar-refractivity contribution in [2.75, 3.05) is 4.90 Å². The lowest BCUT2D eigenvalue weighted by Gasteiger charge is -2.26. The maximum atomic E-state index is 6.19. The summed E-state index contributed by atoms with van der Waals surface area (Å²) in [5, 5.41) is 2.22. The molecule has 0 fully saturated rings. The van der Waals surface area contributed by atoms with Gasteiger partial charge in [0, 0.05) is 27.8 Å². The Kier molecular flexibility index (Phi) is 8.42. The highest BCUT2D eigenvalue weighted by Gasteiger charge is 2.17. The average Bonchev–Trinajstić information content (AvgIpc) is 3.56. The lowest BCUT2D eigenvalue weighted by Crippen LogP contribution is -2.10. The van der Waals surface area contributed by atoms with E-state index in [-0.39, 0.29) is 0 Å². The van der Waals surface area contributed by atoms with E-state index < -0.39 is 0 Å². The number of fused-ring (bicyclic) bond motifs is 3. The number of anilines is 3. The Labute approximate surface area is 294 Å². The lowest BCUT2D eigenvalue weighted by atomic mass is 9.91. The third kappa shape index (κ3) is 6.16. The van der Waals surface area contributed by atoms with Crippen molar-refractivity contribution in [2.45, 2.75) is 12.8 Å². The van der Waals surface area contributed by atoms with Gasteiger partial charge in [0.15, 0.2) is 0 Å². The van der Waals surface area contributed by atoms with Crippen LogP contribution < -0.4 is 4.90 Å². The minimum absolute atomic E-state index is 0.884. The van der Waals surface area contributed by atoms with Crippen LogP contribution in [0.1, 0.15) is 18.4 Å². The number of benzene rings is 6. The number of allylic oxidation sites excluding steroid dienone is 8. The van der Waals surface area contributed by atoms with Crippen LogP contribution in [0.4, 0.5) is 17.1 Å². The van der Waals surface area contributed by atoms with Crippen LogP contribution in [0.2, 0.25) is 0 Å². The minimum Gasteiger partial charge on any atom is -0.456 e. The summed E-state index contributed by atoms with van der Waals surface area (Å²) in [4.78, 5) is 2.33. The summed E-state index contributed by atoms with van der Waals surface area (Å²) in [6, 6.07) is 51.8. The van der Waals surface area contributed by atoms with Crippen molar-refractivity contribution in [3.05, 3.63) is 206 Å². The zero-order valence-electron chi connectivity index (χ0n) is 27.9. The number of para-hydroxylation sites is 1. The maximum Gasteiger partial charge on any atom is 0.135 e. The Hall–Kier alpha value is -6.38. The zero-order chi connectivity index (χ0) is 33.9. The topological polar surface area (TPSA) is 16.4 Å². The molecule has 7 aromatic rings. The van der Waals surface area contributed by atoms with E-state index in [1.807, 2.05) is 24.3 Å². The fraction of sp³-hybridized carbons (Fsp3) is 0.0417. The summed E-state index contributed by atoms with van der Waals surface area (Å²) in [5.74, 6) is 0. The molecule has 0 N–H and O–H groups in total. The van der Waals surface area contributed by atoms with Crippen LogP contribution in [0.5, 0.6) is 0 Å². The second-order valence-corrected chi connectivity index (χ2v) is 12.6. The van der Waals surface area contributed by atoms with E-state index in [0.29, 0.717) is 0 Å². The first kappa shape index (κ1) is 30.9. The number of furan rings is 1. The van der Waals surface area contributed by atoms with Crippen LogP contribution >= 0.6 is 0 Å². The lowest BCUT2D eigenvalue weighted by molar-refractivity contribution is 0.669. The summed E-state index contributed by atoms with van der Waals surface area (Å²) in [5.41, 5.74) is 14.5. The molecule has 1 heterocycles. The van der Waals surface area contributed by atoms with E-state index in [4.69, 9.17) is 4.42 Å². The van der Waals surface area contributed by atoms with Gasteiger partial charge in [0.05, 0.1) is 0 Å². The van der Waals surface area contributed by atoms with E-state index >= 15 is 0 Å². The van der Waals surface area contributed by atoms with Gasteiger partial charge in [-0.15, -0.1) is 0 Å². The molecule has 0 atom stereocenters. The van der Waals surface area contributed by atoms with Crippen molar-refractivity contribution in [2.24, 2.45) is 0 Å². The molecule has 8 rings (SSSR count). The van der Waals surface area contributed by atoms with E-state index in [1.54, 1.807) is 6.08 Å². The molecular formula is C48H37NO. The Balaban J connectivity index is 1.17. The first-order valence-electron chi connectivity index (χ1n) is 17.1. The first-order chi connectivity index (χ1) is 24.6. The van der Waals surface area contributed by atoms with Gasteiger partial charge in [0.1, 0.15) is 11.2 Å². The number of rotatable bonds is 9. The predicted molar refractivity (Wildman–Crippen MR) is 213 cm³/mol.